The highest BCUT2D eigenvalue weighted by atomic mass is 16.5. The second-order valence-corrected chi connectivity index (χ2v) is 4.69. The van der Waals surface area contributed by atoms with Gasteiger partial charge in [0, 0.05) is 46.0 Å². The number of likely N-dealkylation sites (N-methyl/N-ethyl adjacent to an activating group) is 1. The first-order valence-corrected chi connectivity index (χ1v) is 6.46. The van der Waals surface area contributed by atoms with Crippen molar-refractivity contribution in [2.24, 2.45) is 0 Å². The van der Waals surface area contributed by atoms with Crippen LogP contribution in [0.1, 0.15) is 13.3 Å². The summed E-state index contributed by atoms with van der Waals surface area (Å²) >= 11 is 0. The maximum atomic E-state index is 12.0. The van der Waals surface area contributed by atoms with Gasteiger partial charge in [-0.1, -0.05) is 0 Å². The van der Waals surface area contributed by atoms with Gasteiger partial charge in [-0.3, -0.25) is 9.59 Å². The highest BCUT2D eigenvalue weighted by Gasteiger charge is 2.20. The van der Waals surface area contributed by atoms with E-state index in [9.17, 15) is 9.59 Å². The van der Waals surface area contributed by atoms with Crippen LogP contribution in [-0.2, 0) is 14.3 Å². The second kappa shape index (κ2) is 7.91. The van der Waals surface area contributed by atoms with Crippen molar-refractivity contribution in [3.05, 3.63) is 11.1 Å². The van der Waals surface area contributed by atoms with Gasteiger partial charge in [-0.15, -0.1) is 0 Å². The molecule has 0 aromatic carbocycles. The molecular weight excluding hydrogens is 246 g/mol. The van der Waals surface area contributed by atoms with Crippen molar-refractivity contribution in [2.75, 3.05) is 46.9 Å². The van der Waals surface area contributed by atoms with Gasteiger partial charge in [0.15, 0.2) is 0 Å². The third-order valence-corrected chi connectivity index (χ3v) is 3.10. The number of ether oxygens (including phenoxy) is 1. The number of carbonyl (C=O) groups is 2. The first kappa shape index (κ1) is 15.7. The van der Waals surface area contributed by atoms with Crippen LogP contribution in [0.25, 0.3) is 0 Å². The smallest absolute Gasteiger partial charge is 0.249 e. The lowest BCUT2D eigenvalue weighted by atomic mass is 10.0. The predicted octanol–water partition coefficient (Wildman–Crippen LogP) is -0.483. The topological polar surface area (TPSA) is 70.7 Å². The van der Waals surface area contributed by atoms with Crippen LogP contribution in [0.3, 0.4) is 0 Å². The number of carbonyl (C=O) groups excluding carboxylic acids is 2. The van der Waals surface area contributed by atoms with Gasteiger partial charge < -0.3 is 20.3 Å². The Labute approximate surface area is 114 Å². The monoisotopic (exact) mass is 269 g/mol. The molecule has 108 valence electrons. The quantitative estimate of drug-likeness (QED) is 0.484. The fourth-order valence-corrected chi connectivity index (χ4v) is 1.74. The van der Waals surface area contributed by atoms with Crippen molar-refractivity contribution in [2.45, 2.75) is 13.3 Å². The molecule has 1 heterocycles. The number of hydrogen-bond donors (Lipinski definition) is 2. The molecule has 0 aromatic heterocycles. The van der Waals surface area contributed by atoms with Gasteiger partial charge in [0.2, 0.25) is 11.8 Å². The van der Waals surface area contributed by atoms with Crippen LogP contribution < -0.4 is 10.6 Å². The Morgan fingerprint density at radius 3 is 2.63 bits per heavy atom. The van der Waals surface area contributed by atoms with Crippen LogP contribution in [0.2, 0.25) is 0 Å². The lowest BCUT2D eigenvalue weighted by Gasteiger charge is -2.24. The molecular formula is C13H23N3O3. The molecule has 1 rings (SSSR count). The van der Waals surface area contributed by atoms with Crippen molar-refractivity contribution in [1.82, 2.24) is 15.5 Å². The Kier molecular flexibility index (Phi) is 6.52. The zero-order valence-corrected chi connectivity index (χ0v) is 11.9. The number of amides is 2. The fraction of sp³-hybridized carbons (Fsp3) is 0.692. The molecule has 1 saturated heterocycles. The summed E-state index contributed by atoms with van der Waals surface area (Å²) < 4.78 is 4.89. The Morgan fingerprint density at radius 1 is 1.42 bits per heavy atom. The molecule has 0 atom stereocenters. The van der Waals surface area contributed by atoms with E-state index in [1.54, 1.807) is 14.2 Å². The third kappa shape index (κ3) is 5.00. The summed E-state index contributed by atoms with van der Waals surface area (Å²) in [7, 11) is 3.27. The van der Waals surface area contributed by atoms with Crippen molar-refractivity contribution < 1.29 is 14.3 Å². The van der Waals surface area contributed by atoms with Gasteiger partial charge in [-0.25, -0.2) is 0 Å². The average molecular weight is 269 g/mol. The van der Waals surface area contributed by atoms with E-state index in [1.165, 1.54) is 4.90 Å². The van der Waals surface area contributed by atoms with Crippen molar-refractivity contribution in [3.63, 3.8) is 0 Å². The van der Waals surface area contributed by atoms with Crippen molar-refractivity contribution in [1.29, 1.82) is 0 Å². The number of hydrogen-bond acceptors (Lipinski definition) is 4. The van der Waals surface area contributed by atoms with Gasteiger partial charge in [-0.05, 0) is 18.9 Å². The molecule has 6 heteroatoms. The summed E-state index contributed by atoms with van der Waals surface area (Å²) in [5, 5.41) is 5.85. The first-order valence-electron chi connectivity index (χ1n) is 6.46. The highest BCUT2D eigenvalue weighted by Crippen LogP contribution is 2.10. The Morgan fingerprint density at radius 2 is 2.11 bits per heavy atom. The summed E-state index contributed by atoms with van der Waals surface area (Å²) in [4.78, 5) is 25.1. The van der Waals surface area contributed by atoms with E-state index in [0.29, 0.717) is 13.2 Å². The number of nitrogens with one attached hydrogen (secondary N) is 2. The molecule has 6 nitrogen and oxygen atoms in total. The molecule has 0 saturated carbocycles. The Hall–Kier alpha value is -1.40. The standard InChI is InChI=1S/C13H23N3O3/c1-10(11-7-14-8-11)13(18)16(2)9-12(17)15-5-4-6-19-3/h14H,4-9H2,1-3H3,(H,15,17). The molecule has 1 fully saturated rings. The molecule has 0 bridgehead atoms. The molecule has 19 heavy (non-hydrogen) atoms. The van der Waals surface area contributed by atoms with E-state index in [4.69, 9.17) is 4.74 Å². The zero-order valence-electron chi connectivity index (χ0n) is 11.9. The van der Waals surface area contributed by atoms with Crippen LogP contribution in [-0.4, -0.2) is 63.7 Å². The van der Waals surface area contributed by atoms with Crippen LogP contribution in [0.15, 0.2) is 11.1 Å². The van der Waals surface area contributed by atoms with Crippen molar-refractivity contribution >= 4 is 11.8 Å². The van der Waals surface area contributed by atoms with E-state index in [2.05, 4.69) is 10.6 Å². The van der Waals surface area contributed by atoms with Gasteiger partial charge in [0.1, 0.15) is 0 Å². The lowest BCUT2D eigenvalue weighted by Crippen LogP contribution is -2.41. The lowest BCUT2D eigenvalue weighted by molar-refractivity contribution is -0.131. The molecule has 1 aliphatic rings. The van der Waals surface area contributed by atoms with Gasteiger partial charge >= 0.3 is 0 Å². The highest BCUT2D eigenvalue weighted by molar-refractivity contribution is 5.96. The van der Waals surface area contributed by atoms with Crippen LogP contribution in [0.4, 0.5) is 0 Å². The van der Waals surface area contributed by atoms with Gasteiger partial charge in [0.25, 0.3) is 0 Å². The third-order valence-electron chi connectivity index (χ3n) is 3.10. The average Bonchev–Trinajstić information content (AvgIpc) is 2.31. The minimum Gasteiger partial charge on any atom is -0.385 e. The second-order valence-electron chi connectivity index (χ2n) is 4.69. The summed E-state index contributed by atoms with van der Waals surface area (Å²) in [6, 6.07) is 0. The van der Waals surface area contributed by atoms with Gasteiger partial charge in [0.05, 0.1) is 6.54 Å². The normalized spacial score (nSPS) is 13.7. The molecule has 2 amide bonds. The Balaban J connectivity index is 2.31. The van der Waals surface area contributed by atoms with Crippen LogP contribution >= 0.6 is 0 Å². The maximum Gasteiger partial charge on any atom is 0.249 e. The SMILES string of the molecule is COCCCNC(=O)CN(C)C(=O)C(C)=C1CNC1. The molecule has 1 aliphatic heterocycles. The summed E-state index contributed by atoms with van der Waals surface area (Å²) in [5.74, 6) is -0.222. The number of rotatable bonds is 7. The predicted molar refractivity (Wildman–Crippen MR) is 72.7 cm³/mol. The van der Waals surface area contributed by atoms with Crippen molar-refractivity contribution in [3.8, 4) is 0 Å². The molecule has 0 aliphatic carbocycles. The van der Waals surface area contributed by atoms with E-state index >= 15 is 0 Å². The molecule has 2 N–H and O–H groups in total. The fourth-order valence-electron chi connectivity index (χ4n) is 1.74. The summed E-state index contributed by atoms with van der Waals surface area (Å²) in [6.45, 7) is 4.63. The number of nitrogens with zero attached hydrogens (tertiary/aromatic N) is 1. The number of methoxy groups -OCH3 is 1. The Bertz CT molecular complexity index is 360. The largest absolute Gasteiger partial charge is 0.385 e. The minimum absolute atomic E-state index is 0.0801. The molecule has 0 radical (unpaired) electrons. The first-order chi connectivity index (χ1) is 9.06. The van der Waals surface area contributed by atoms with E-state index in [-0.39, 0.29) is 18.4 Å². The van der Waals surface area contributed by atoms with Crippen LogP contribution in [0, 0.1) is 0 Å². The molecule has 0 aromatic rings. The van der Waals surface area contributed by atoms with Crippen LogP contribution in [0.5, 0.6) is 0 Å². The summed E-state index contributed by atoms with van der Waals surface area (Å²) in [6.07, 6.45) is 0.772. The van der Waals surface area contributed by atoms with Gasteiger partial charge in [-0.2, -0.15) is 0 Å². The maximum absolute atomic E-state index is 12.0. The van der Waals surface area contributed by atoms with E-state index in [0.717, 1.165) is 30.7 Å². The summed E-state index contributed by atoms with van der Waals surface area (Å²) in [5.41, 5.74) is 1.87. The zero-order chi connectivity index (χ0) is 14.3. The van der Waals surface area contributed by atoms with E-state index in [1.807, 2.05) is 6.92 Å². The van der Waals surface area contributed by atoms with E-state index < -0.39 is 0 Å². The molecule has 0 unspecified atom stereocenters. The minimum atomic E-state index is -0.142. The molecule has 0 spiro atoms.